The summed E-state index contributed by atoms with van der Waals surface area (Å²) in [6, 6.07) is 2.71. The molecule has 20 heavy (non-hydrogen) atoms. The monoisotopic (exact) mass is 272 g/mol. The summed E-state index contributed by atoms with van der Waals surface area (Å²) in [5.74, 6) is -1.16. The third-order valence-electron chi connectivity index (χ3n) is 1.70. The molecule has 0 amide bonds. The molecule has 1 N–H and O–H groups in total. The number of nitrogens with zero attached hydrogens (tertiary/aromatic N) is 4. The number of hydrogen-bond acceptors (Lipinski definition) is 6. The molecule has 0 unspecified atom stereocenters. The average Bonchev–Trinajstić information content (AvgIpc) is 2.43. The van der Waals surface area contributed by atoms with Crippen molar-refractivity contribution in [3.8, 4) is 0 Å². The van der Waals surface area contributed by atoms with Crippen molar-refractivity contribution in [3.05, 3.63) is 73.7 Å². The van der Waals surface area contributed by atoms with Gasteiger partial charge < -0.3 is 9.52 Å². The van der Waals surface area contributed by atoms with Gasteiger partial charge in [-0.05, 0) is 12.1 Å². The molecule has 0 radical (unpaired) electrons. The minimum Gasteiger partial charge on any atom is -0.477 e. The summed E-state index contributed by atoms with van der Waals surface area (Å²) < 4.78 is 4.94. The van der Waals surface area contributed by atoms with E-state index in [1.807, 2.05) is 0 Å². The molecule has 1 aromatic heterocycles. The molecule has 0 aliphatic heterocycles. The molecule has 0 saturated heterocycles. The van der Waals surface area contributed by atoms with Gasteiger partial charge in [0.2, 0.25) is 0 Å². The van der Waals surface area contributed by atoms with Crippen LogP contribution in [0.1, 0.15) is 10.5 Å². The number of hydrogen-bond donors (Lipinski definition) is 1. The van der Waals surface area contributed by atoms with Crippen LogP contribution < -0.4 is 0 Å². The van der Waals surface area contributed by atoms with E-state index in [1.54, 1.807) is 0 Å². The summed E-state index contributed by atoms with van der Waals surface area (Å²) in [6.07, 6.45) is 12.5. The van der Waals surface area contributed by atoms with E-state index in [0.717, 1.165) is 0 Å². The maximum atomic E-state index is 10.9. The molecule has 1 rings (SSSR count). The highest BCUT2D eigenvalue weighted by molar-refractivity contribution is 5.84. The Morgan fingerprint density at radius 1 is 0.900 bits per heavy atom. The molecule has 0 fully saturated rings. The lowest BCUT2D eigenvalue weighted by atomic mass is 10.4. The van der Waals surface area contributed by atoms with E-state index in [2.05, 4.69) is 19.9 Å². The van der Waals surface area contributed by atoms with E-state index in [4.69, 9.17) is 9.52 Å². The van der Waals surface area contributed by atoms with Crippen molar-refractivity contribution in [2.24, 2.45) is 0 Å². The van der Waals surface area contributed by atoms with Gasteiger partial charge in [0, 0.05) is 37.2 Å². The van der Waals surface area contributed by atoms with Crippen molar-refractivity contribution in [1.82, 2.24) is 19.9 Å². The second-order valence-electron chi connectivity index (χ2n) is 3.08. The number of aromatic carboxylic acids is 1. The molecule has 7 nitrogen and oxygen atoms in total. The van der Waals surface area contributed by atoms with Crippen LogP contribution in [-0.2, 0) is 0 Å². The van der Waals surface area contributed by atoms with Crippen LogP contribution >= 0.6 is 0 Å². The summed E-state index contributed by atoms with van der Waals surface area (Å²) in [6.45, 7) is 0. The third kappa shape index (κ3) is 7.28. The molecule has 1 aromatic rings. The smallest absolute Gasteiger partial charge is 0.354 e. The van der Waals surface area contributed by atoms with Gasteiger partial charge >= 0.3 is 5.97 Å². The number of carboxylic acids is 1. The van der Waals surface area contributed by atoms with E-state index in [1.165, 1.54) is 68.0 Å². The van der Waals surface area contributed by atoms with Crippen LogP contribution in [0.3, 0.4) is 0 Å². The second-order valence-corrected chi connectivity index (χ2v) is 3.08. The summed E-state index contributed by atoms with van der Waals surface area (Å²) in [7, 11) is 0. The predicted octanol–water partition coefficient (Wildman–Crippen LogP) is 1.93. The molecule has 0 aliphatic carbocycles. The van der Waals surface area contributed by atoms with Crippen molar-refractivity contribution < 1.29 is 14.3 Å². The average molecular weight is 272 g/mol. The van der Waals surface area contributed by atoms with Crippen LogP contribution in [-0.4, -0.2) is 31.0 Å². The molecule has 0 aromatic carbocycles. The third-order valence-corrected chi connectivity index (χ3v) is 1.70. The topological polar surface area (TPSA) is 102 Å². The molecule has 0 atom stereocenters. The normalized spacial score (nSPS) is 8.40. The van der Waals surface area contributed by atoms with Crippen molar-refractivity contribution in [1.29, 1.82) is 0 Å². The highest BCUT2D eigenvalue weighted by Crippen LogP contribution is 1.86. The number of carbonyl (C=O) groups is 1. The standard InChI is InChI=1S/C13H12N4O3/c18-13(19)12-2-4-14-5-6-15-7-8-16-9-11-20-10-1-3-17-12/h1-11H,(H,18,19). The van der Waals surface area contributed by atoms with Crippen molar-refractivity contribution in [3.63, 3.8) is 0 Å². The first-order valence-electron chi connectivity index (χ1n) is 5.47. The molecule has 0 saturated carbocycles. The van der Waals surface area contributed by atoms with Crippen molar-refractivity contribution in [2.45, 2.75) is 0 Å². The Hall–Kier alpha value is -3.09. The first kappa shape index (κ1) is 15.0. The Morgan fingerprint density at radius 2 is 1.55 bits per heavy atom. The van der Waals surface area contributed by atoms with Crippen LogP contribution in [0, 0.1) is 0 Å². The van der Waals surface area contributed by atoms with Gasteiger partial charge in [-0.3, -0.25) is 15.0 Å². The highest BCUT2D eigenvalue weighted by atomic mass is 16.4. The maximum Gasteiger partial charge on any atom is 0.354 e. The van der Waals surface area contributed by atoms with Crippen LogP contribution in [0.25, 0.3) is 0 Å². The minimum atomic E-state index is -1.16. The molecular formula is C13H12N4O3. The number of aromatic nitrogens is 4. The van der Waals surface area contributed by atoms with Crippen LogP contribution in [0.2, 0.25) is 0 Å². The van der Waals surface area contributed by atoms with Gasteiger partial charge in [-0.25, -0.2) is 9.78 Å². The lowest BCUT2D eigenvalue weighted by molar-refractivity contribution is 0.0690. The summed E-state index contributed by atoms with van der Waals surface area (Å²) in [4.78, 5) is 26.1. The van der Waals surface area contributed by atoms with Gasteiger partial charge in [0.05, 0.1) is 12.5 Å². The fraction of sp³-hybridized carbons (Fsp3) is 0. The lowest BCUT2D eigenvalue weighted by Crippen LogP contribution is -1.96. The molecule has 102 valence electrons. The van der Waals surface area contributed by atoms with Crippen LogP contribution in [0.5, 0.6) is 0 Å². The Bertz CT molecular complexity index is 555. The van der Waals surface area contributed by atoms with E-state index in [0.29, 0.717) is 0 Å². The number of rotatable bonds is 1. The zero-order valence-electron chi connectivity index (χ0n) is 10.4. The van der Waals surface area contributed by atoms with Gasteiger partial charge in [-0.2, -0.15) is 0 Å². The summed E-state index contributed by atoms with van der Waals surface area (Å²) in [5.41, 5.74) is -0.154. The summed E-state index contributed by atoms with van der Waals surface area (Å²) in [5, 5.41) is 8.89. The first-order chi connectivity index (χ1) is 9.80. The largest absolute Gasteiger partial charge is 0.477 e. The Labute approximate surface area is 115 Å². The van der Waals surface area contributed by atoms with Crippen molar-refractivity contribution in [2.75, 3.05) is 0 Å². The molecule has 0 aliphatic rings. The zero-order valence-corrected chi connectivity index (χ0v) is 10.4. The fourth-order valence-electron chi connectivity index (χ4n) is 0.906. The van der Waals surface area contributed by atoms with Gasteiger partial charge in [0.15, 0.2) is 0 Å². The van der Waals surface area contributed by atoms with E-state index < -0.39 is 5.97 Å². The van der Waals surface area contributed by atoms with E-state index >= 15 is 0 Å². The Kier molecular flexibility index (Phi) is 7.40. The van der Waals surface area contributed by atoms with Gasteiger partial charge in [0.1, 0.15) is 12.0 Å². The maximum absolute atomic E-state index is 10.9. The second kappa shape index (κ2) is 9.89. The summed E-state index contributed by atoms with van der Waals surface area (Å²) >= 11 is 0. The predicted molar refractivity (Wildman–Crippen MR) is 69.7 cm³/mol. The first-order valence-corrected chi connectivity index (χ1v) is 5.47. The van der Waals surface area contributed by atoms with Crippen molar-refractivity contribution >= 4 is 5.97 Å². The van der Waals surface area contributed by atoms with Gasteiger partial charge in [-0.15, -0.1) is 0 Å². The molecule has 1 heterocycles. The SMILES string of the molecule is O=C(O)c1ccnccnccnccocccn1. The molecule has 7 heteroatoms. The van der Waals surface area contributed by atoms with Gasteiger partial charge in [-0.1, -0.05) is 0 Å². The lowest BCUT2D eigenvalue weighted by Gasteiger charge is -1.84. The molecule has 0 bridgehead atoms. The quantitative estimate of drug-likeness (QED) is 0.833. The Balaban J connectivity index is 3.25. The molecular weight excluding hydrogens is 260 g/mol. The Morgan fingerprint density at radius 3 is 2.25 bits per heavy atom. The molecule has 0 spiro atoms. The van der Waals surface area contributed by atoms with Gasteiger partial charge in [0.25, 0.3) is 0 Å². The minimum absolute atomic E-state index is 0.154. The van der Waals surface area contributed by atoms with Crippen LogP contribution in [0.4, 0.5) is 0 Å². The fourth-order valence-corrected chi connectivity index (χ4v) is 0.906. The zero-order chi connectivity index (χ0) is 14.5. The highest BCUT2D eigenvalue weighted by Gasteiger charge is 1.98. The van der Waals surface area contributed by atoms with E-state index in [-0.39, 0.29) is 5.69 Å². The number of carboxylic acid groups (broad SMARTS) is 1. The van der Waals surface area contributed by atoms with Crippen LogP contribution in [0.15, 0.2) is 72.5 Å². The van der Waals surface area contributed by atoms with E-state index in [9.17, 15) is 4.79 Å².